The van der Waals surface area contributed by atoms with Crippen molar-refractivity contribution < 1.29 is 18.8 Å². The molecule has 2 atom stereocenters. The lowest BCUT2D eigenvalue weighted by molar-refractivity contribution is 0.0218. The van der Waals surface area contributed by atoms with Crippen molar-refractivity contribution in [2.45, 2.75) is 25.9 Å². The Morgan fingerprint density at radius 3 is 2.96 bits per heavy atom. The maximum atomic E-state index is 13.8. The van der Waals surface area contributed by atoms with Crippen LogP contribution in [0.3, 0.4) is 0 Å². The van der Waals surface area contributed by atoms with Crippen LogP contribution in [0.1, 0.15) is 28.2 Å². The van der Waals surface area contributed by atoms with Crippen LogP contribution in [0.2, 0.25) is 0 Å². The van der Waals surface area contributed by atoms with Crippen molar-refractivity contribution in [3.63, 3.8) is 0 Å². The fourth-order valence-corrected chi connectivity index (χ4v) is 2.97. The summed E-state index contributed by atoms with van der Waals surface area (Å²) in [5.41, 5.74) is 1.20. The van der Waals surface area contributed by atoms with E-state index in [2.05, 4.69) is 5.16 Å². The minimum absolute atomic E-state index is 0.198. The Morgan fingerprint density at radius 1 is 1.48 bits per heavy atom. The first kappa shape index (κ1) is 15.7. The normalized spacial score (nSPS) is 21.4. The van der Waals surface area contributed by atoms with E-state index in [1.54, 1.807) is 36.1 Å². The van der Waals surface area contributed by atoms with Gasteiger partial charge in [0.25, 0.3) is 5.91 Å². The van der Waals surface area contributed by atoms with Crippen LogP contribution in [0.4, 0.5) is 4.39 Å². The van der Waals surface area contributed by atoms with Gasteiger partial charge in [0.15, 0.2) is 0 Å². The second-order valence-electron chi connectivity index (χ2n) is 6.00. The second kappa shape index (κ2) is 6.50. The van der Waals surface area contributed by atoms with Crippen molar-refractivity contribution in [1.29, 1.82) is 0 Å². The average molecular weight is 318 g/mol. The number of piperidine rings is 1. The fraction of sp³-hybridized carbons (Fsp3) is 0.412. The molecule has 2 heterocycles. The van der Waals surface area contributed by atoms with Crippen LogP contribution >= 0.6 is 0 Å². The van der Waals surface area contributed by atoms with Crippen LogP contribution in [0.15, 0.2) is 34.9 Å². The molecule has 0 aliphatic carbocycles. The van der Waals surface area contributed by atoms with E-state index >= 15 is 0 Å². The highest BCUT2D eigenvalue weighted by atomic mass is 19.1. The molecule has 2 aromatic rings. The Balaban J connectivity index is 1.72. The summed E-state index contributed by atoms with van der Waals surface area (Å²) in [4.78, 5) is 14.1. The predicted octanol–water partition coefficient (Wildman–Crippen LogP) is 2.19. The third-order valence-corrected chi connectivity index (χ3v) is 4.26. The number of amides is 1. The van der Waals surface area contributed by atoms with Gasteiger partial charge in [-0.3, -0.25) is 4.79 Å². The molecule has 0 unspecified atom stereocenters. The summed E-state index contributed by atoms with van der Waals surface area (Å²) in [6.07, 6.45) is 0.320. The second-order valence-corrected chi connectivity index (χ2v) is 6.00. The van der Waals surface area contributed by atoms with Gasteiger partial charge in [-0.1, -0.05) is 23.4 Å². The first-order valence-corrected chi connectivity index (χ1v) is 7.68. The summed E-state index contributed by atoms with van der Waals surface area (Å²) in [7, 11) is 0. The van der Waals surface area contributed by atoms with E-state index in [1.165, 1.54) is 6.07 Å². The van der Waals surface area contributed by atoms with E-state index in [-0.39, 0.29) is 23.4 Å². The number of aryl methyl sites for hydroxylation is 1. The van der Waals surface area contributed by atoms with Crippen LogP contribution in [0.5, 0.6) is 0 Å². The number of aliphatic hydroxyl groups is 1. The highest BCUT2D eigenvalue weighted by Gasteiger charge is 2.32. The van der Waals surface area contributed by atoms with Gasteiger partial charge in [-0.25, -0.2) is 4.39 Å². The van der Waals surface area contributed by atoms with Crippen LogP contribution in [-0.2, 0) is 6.42 Å². The van der Waals surface area contributed by atoms with Gasteiger partial charge in [-0.15, -0.1) is 0 Å². The maximum absolute atomic E-state index is 13.8. The molecule has 23 heavy (non-hydrogen) atoms. The molecule has 1 aliphatic heterocycles. The number of nitrogens with zero attached hydrogens (tertiary/aromatic N) is 2. The van der Waals surface area contributed by atoms with Crippen molar-refractivity contribution >= 4 is 5.91 Å². The minimum atomic E-state index is -0.546. The van der Waals surface area contributed by atoms with Gasteiger partial charge < -0.3 is 14.5 Å². The van der Waals surface area contributed by atoms with Crippen molar-refractivity contribution in [1.82, 2.24) is 10.1 Å². The number of carbonyl (C=O) groups is 1. The fourth-order valence-electron chi connectivity index (χ4n) is 2.97. The highest BCUT2D eigenvalue weighted by molar-refractivity contribution is 5.91. The van der Waals surface area contributed by atoms with Gasteiger partial charge in [0.2, 0.25) is 5.76 Å². The Hall–Kier alpha value is -2.21. The van der Waals surface area contributed by atoms with Gasteiger partial charge in [-0.05, 0) is 31.4 Å². The van der Waals surface area contributed by atoms with Crippen molar-refractivity contribution in [2.24, 2.45) is 5.92 Å². The molecule has 5 nitrogen and oxygen atoms in total. The molecule has 1 aromatic carbocycles. The predicted molar refractivity (Wildman–Crippen MR) is 81.4 cm³/mol. The number of benzene rings is 1. The van der Waals surface area contributed by atoms with E-state index in [0.717, 1.165) is 0 Å². The summed E-state index contributed by atoms with van der Waals surface area (Å²) in [5.74, 6) is -0.526. The van der Waals surface area contributed by atoms with Crippen molar-refractivity contribution in [3.8, 4) is 0 Å². The summed E-state index contributed by atoms with van der Waals surface area (Å²) >= 11 is 0. The van der Waals surface area contributed by atoms with Crippen LogP contribution in [0.25, 0.3) is 0 Å². The summed E-state index contributed by atoms with van der Waals surface area (Å²) in [6, 6.07) is 8.12. The molecule has 1 amide bonds. The molecule has 1 aliphatic rings. The zero-order chi connectivity index (χ0) is 16.4. The third-order valence-electron chi connectivity index (χ3n) is 4.26. The van der Waals surface area contributed by atoms with E-state index in [1.807, 2.05) is 0 Å². The molecule has 0 radical (unpaired) electrons. The Labute approximate surface area is 133 Å². The highest BCUT2D eigenvalue weighted by Crippen LogP contribution is 2.24. The first-order chi connectivity index (χ1) is 11.0. The molecule has 0 spiro atoms. The van der Waals surface area contributed by atoms with Crippen LogP contribution < -0.4 is 0 Å². The monoisotopic (exact) mass is 318 g/mol. The van der Waals surface area contributed by atoms with E-state index < -0.39 is 6.10 Å². The van der Waals surface area contributed by atoms with Gasteiger partial charge in [0.1, 0.15) is 5.82 Å². The summed E-state index contributed by atoms with van der Waals surface area (Å²) in [5, 5.41) is 13.9. The zero-order valence-electron chi connectivity index (χ0n) is 12.9. The Kier molecular flexibility index (Phi) is 4.43. The smallest absolute Gasteiger partial charge is 0.292 e. The minimum Gasteiger partial charge on any atom is -0.393 e. The molecule has 0 bridgehead atoms. The van der Waals surface area contributed by atoms with Crippen LogP contribution in [0, 0.1) is 18.7 Å². The standard InChI is InChI=1S/C17H19FN2O3/c1-11-8-16(23-19-11)17(22)20-7-6-15(21)13(10-20)9-12-4-2-3-5-14(12)18/h2-5,8,13,15,21H,6-7,9-10H2,1H3/t13-,15+/m1/s1. The van der Waals surface area contributed by atoms with E-state index in [0.29, 0.717) is 37.2 Å². The number of hydrogen-bond donors (Lipinski definition) is 1. The van der Waals surface area contributed by atoms with E-state index in [9.17, 15) is 14.3 Å². The summed E-state index contributed by atoms with van der Waals surface area (Å²) < 4.78 is 18.8. The summed E-state index contributed by atoms with van der Waals surface area (Å²) in [6.45, 7) is 2.57. The van der Waals surface area contributed by atoms with Gasteiger partial charge in [0, 0.05) is 25.1 Å². The number of carbonyl (C=O) groups excluding carboxylic acids is 1. The average Bonchev–Trinajstić information content (AvgIpc) is 2.97. The lowest BCUT2D eigenvalue weighted by atomic mass is 9.88. The number of aromatic nitrogens is 1. The number of hydrogen-bond acceptors (Lipinski definition) is 4. The molecule has 1 saturated heterocycles. The number of halogens is 1. The number of rotatable bonds is 3. The number of aliphatic hydroxyl groups excluding tert-OH is 1. The Morgan fingerprint density at radius 2 is 2.26 bits per heavy atom. The SMILES string of the molecule is Cc1cc(C(=O)N2CC[C@H](O)[C@H](Cc3ccccc3F)C2)on1. The molecule has 1 aromatic heterocycles. The largest absolute Gasteiger partial charge is 0.393 e. The molecular formula is C17H19FN2O3. The molecule has 0 saturated carbocycles. The van der Waals surface area contributed by atoms with Gasteiger partial charge in [-0.2, -0.15) is 0 Å². The van der Waals surface area contributed by atoms with Gasteiger partial charge in [0.05, 0.1) is 11.8 Å². The molecule has 3 rings (SSSR count). The molecule has 1 N–H and O–H groups in total. The lowest BCUT2D eigenvalue weighted by Crippen LogP contribution is -2.46. The van der Waals surface area contributed by atoms with E-state index in [4.69, 9.17) is 4.52 Å². The van der Waals surface area contributed by atoms with Crippen molar-refractivity contribution in [3.05, 3.63) is 53.2 Å². The molecule has 1 fully saturated rings. The topological polar surface area (TPSA) is 66.6 Å². The number of likely N-dealkylation sites (tertiary alicyclic amines) is 1. The maximum Gasteiger partial charge on any atom is 0.292 e. The van der Waals surface area contributed by atoms with Gasteiger partial charge >= 0.3 is 0 Å². The molecule has 6 heteroatoms. The quantitative estimate of drug-likeness (QED) is 0.942. The van der Waals surface area contributed by atoms with Crippen LogP contribution in [-0.4, -0.2) is 40.3 Å². The molecule has 122 valence electrons. The van der Waals surface area contributed by atoms with Crippen molar-refractivity contribution in [2.75, 3.05) is 13.1 Å². The Bertz CT molecular complexity index is 701. The lowest BCUT2D eigenvalue weighted by Gasteiger charge is -2.35. The zero-order valence-corrected chi connectivity index (χ0v) is 12.9. The third kappa shape index (κ3) is 3.42. The molecular weight excluding hydrogens is 299 g/mol. The first-order valence-electron chi connectivity index (χ1n) is 7.68.